The molecule has 0 saturated heterocycles. The second kappa shape index (κ2) is 8.08. The molecule has 6 nitrogen and oxygen atoms in total. The third-order valence-electron chi connectivity index (χ3n) is 3.93. The number of sulfone groups is 1. The first-order valence-corrected chi connectivity index (χ1v) is 10.4. The highest BCUT2D eigenvalue weighted by molar-refractivity contribution is 7.90. The number of para-hydroxylation sites is 1. The molecule has 0 atom stereocenters. The van der Waals surface area contributed by atoms with Gasteiger partial charge in [0, 0.05) is 0 Å². The van der Waals surface area contributed by atoms with E-state index in [9.17, 15) is 13.2 Å². The Morgan fingerprint density at radius 2 is 1.86 bits per heavy atom. The molecule has 0 saturated carbocycles. The Hall–Kier alpha value is -2.77. The molecule has 3 rings (SSSR count). The third kappa shape index (κ3) is 4.55. The van der Waals surface area contributed by atoms with E-state index < -0.39 is 21.0 Å². The summed E-state index contributed by atoms with van der Waals surface area (Å²) in [7, 11) is -3.87. The number of benzene rings is 2. The number of hydrogen-bond acceptors (Lipinski definition) is 6. The lowest BCUT2D eigenvalue weighted by Gasteiger charge is -2.09. The van der Waals surface area contributed by atoms with Crippen LogP contribution < -0.4 is 4.74 Å². The summed E-state index contributed by atoms with van der Waals surface area (Å²) in [6, 6.07) is 14.0. The molecule has 0 aliphatic heterocycles. The van der Waals surface area contributed by atoms with Crippen molar-refractivity contribution < 1.29 is 17.9 Å². The first kappa shape index (κ1) is 20.0. The molecule has 1 aromatic heterocycles. The fourth-order valence-corrected chi connectivity index (χ4v) is 3.91. The minimum Gasteiger partial charge on any atom is -0.421 e. The molecule has 3 aromatic rings. The van der Waals surface area contributed by atoms with Gasteiger partial charge in [0.25, 0.3) is 0 Å². The quantitative estimate of drug-likeness (QED) is 0.355. The first-order valence-electron chi connectivity index (χ1n) is 8.35. The largest absolute Gasteiger partial charge is 0.421 e. The fraction of sp³-hybridized carbons (Fsp3) is 0.150. The number of halogens is 1. The minimum absolute atomic E-state index is 0.0897. The molecule has 0 bridgehead atoms. The van der Waals surface area contributed by atoms with Crippen molar-refractivity contribution in [3.05, 3.63) is 82.1 Å². The van der Waals surface area contributed by atoms with E-state index in [2.05, 4.69) is 9.97 Å². The summed E-state index contributed by atoms with van der Waals surface area (Å²) in [5, 5.41) is -0.566. The summed E-state index contributed by atoms with van der Waals surface area (Å²) in [5.41, 5.74) is 1.98. The van der Waals surface area contributed by atoms with E-state index in [0.29, 0.717) is 11.3 Å². The van der Waals surface area contributed by atoms with Crippen LogP contribution in [0.15, 0.2) is 59.9 Å². The molecule has 0 amide bonds. The van der Waals surface area contributed by atoms with Gasteiger partial charge in [-0.15, -0.1) is 0 Å². The molecular formula is C20H17ClN2O4S. The zero-order chi connectivity index (χ0) is 20.3. The first-order chi connectivity index (χ1) is 13.3. The molecule has 2 aromatic carbocycles. The molecule has 0 unspecified atom stereocenters. The van der Waals surface area contributed by atoms with Crippen LogP contribution in [0.5, 0.6) is 5.75 Å². The second-order valence-electron chi connectivity index (χ2n) is 6.25. The van der Waals surface area contributed by atoms with Gasteiger partial charge in [-0.1, -0.05) is 59.6 Å². The van der Waals surface area contributed by atoms with Crippen molar-refractivity contribution >= 4 is 27.4 Å². The highest BCUT2D eigenvalue weighted by Gasteiger charge is 2.24. The van der Waals surface area contributed by atoms with Gasteiger partial charge in [0.15, 0.2) is 5.69 Å². The Morgan fingerprint density at radius 1 is 1.11 bits per heavy atom. The van der Waals surface area contributed by atoms with Crippen molar-refractivity contribution in [2.75, 3.05) is 0 Å². The highest BCUT2D eigenvalue weighted by atomic mass is 35.5. The SMILES string of the molecule is Cc1cccc(CS(=O)(=O)c2ncc(Cl)c(C(=O)Oc3ccccc3C)n2)c1. The molecule has 8 heteroatoms. The van der Waals surface area contributed by atoms with E-state index in [1.807, 2.05) is 13.0 Å². The van der Waals surface area contributed by atoms with Crippen LogP contribution in [0.1, 0.15) is 27.2 Å². The topological polar surface area (TPSA) is 86.2 Å². The lowest BCUT2D eigenvalue weighted by molar-refractivity contribution is 0.0726. The van der Waals surface area contributed by atoms with Crippen LogP contribution in [0.2, 0.25) is 5.02 Å². The third-order valence-corrected chi connectivity index (χ3v) is 5.67. The molecule has 0 N–H and O–H groups in total. The van der Waals surface area contributed by atoms with E-state index >= 15 is 0 Å². The monoisotopic (exact) mass is 416 g/mol. The van der Waals surface area contributed by atoms with Crippen LogP contribution in [-0.4, -0.2) is 24.4 Å². The maximum Gasteiger partial charge on any atom is 0.364 e. The Kier molecular flexibility index (Phi) is 5.76. The van der Waals surface area contributed by atoms with Crippen LogP contribution in [0.25, 0.3) is 0 Å². The molecule has 28 heavy (non-hydrogen) atoms. The number of nitrogens with zero attached hydrogens (tertiary/aromatic N) is 2. The van der Waals surface area contributed by atoms with Gasteiger partial charge in [-0.2, -0.15) is 0 Å². The molecule has 0 radical (unpaired) electrons. The maximum atomic E-state index is 12.7. The second-order valence-corrected chi connectivity index (χ2v) is 8.54. The summed E-state index contributed by atoms with van der Waals surface area (Å²) >= 11 is 6.01. The highest BCUT2D eigenvalue weighted by Crippen LogP contribution is 2.22. The van der Waals surface area contributed by atoms with Gasteiger partial charge < -0.3 is 4.74 Å². The summed E-state index contributed by atoms with van der Waals surface area (Å²) in [6.07, 6.45) is 1.09. The molecular weight excluding hydrogens is 400 g/mol. The van der Waals surface area contributed by atoms with Crippen molar-refractivity contribution in [1.82, 2.24) is 9.97 Å². The smallest absolute Gasteiger partial charge is 0.364 e. The average Bonchev–Trinajstić information content (AvgIpc) is 2.63. The van der Waals surface area contributed by atoms with Gasteiger partial charge in [-0.3, -0.25) is 0 Å². The van der Waals surface area contributed by atoms with Crippen molar-refractivity contribution in [3.8, 4) is 5.75 Å². The van der Waals surface area contributed by atoms with Gasteiger partial charge >= 0.3 is 5.97 Å². The Balaban J connectivity index is 1.90. The average molecular weight is 417 g/mol. The molecule has 144 valence electrons. The zero-order valence-corrected chi connectivity index (χ0v) is 16.8. The van der Waals surface area contributed by atoms with Gasteiger partial charge in [0.05, 0.1) is 17.0 Å². The number of aromatic nitrogens is 2. The number of aryl methyl sites for hydroxylation is 2. The van der Waals surface area contributed by atoms with E-state index in [0.717, 1.165) is 17.3 Å². The minimum atomic E-state index is -3.87. The van der Waals surface area contributed by atoms with E-state index in [4.69, 9.17) is 16.3 Å². The summed E-state index contributed by atoms with van der Waals surface area (Å²) in [5.74, 6) is -0.803. The molecule has 1 heterocycles. The van der Waals surface area contributed by atoms with Crippen molar-refractivity contribution in [2.45, 2.75) is 24.8 Å². The van der Waals surface area contributed by atoms with Crippen LogP contribution >= 0.6 is 11.6 Å². The van der Waals surface area contributed by atoms with Gasteiger partial charge in [0.1, 0.15) is 5.75 Å². The predicted octanol–water partition coefficient (Wildman–Crippen LogP) is 3.94. The summed E-state index contributed by atoms with van der Waals surface area (Å²) in [4.78, 5) is 20.2. The summed E-state index contributed by atoms with van der Waals surface area (Å²) in [6.45, 7) is 3.65. The number of ether oxygens (including phenoxy) is 1. The van der Waals surface area contributed by atoms with Crippen molar-refractivity contribution in [3.63, 3.8) is 0 Å². The van der Waals surface area contributed by atoms with Gasteiger partial charge in [-0.05, 0) is 31.0 Å². The van der Waals surface area contributed by atoms with E-state index in [-0.39, 0.29) is 16.5 Å². The van der Waals surface area contributed by atoms with E-state index in [1.54, 1.807) is 49.4 Å². The molecule has 0 spiro atoms. The van der Waals surface area contributed by atoms with Crippen LogP contribution in [-0.2, 0) is 15.6 Å². The maximum absolute atomic E-state index is 12.7. The Morgan fingerprint density at radius 3 is 2.57 bits per heavy atom. The number of rotatable bonds is 5. The molecule has 0 aliphatic carbocycles. The zero-order valence-electron chi connectivity index (χ0n) is 15.2. The van der Waals surface area contributed by atoms with Gasteiger partial charge in [0.2, 0.25) is 15.0 Å². The Bertz CT molecular complexity index is 1150. The van der Waals surface area contributed by atoms with Crippen LogP contribution in [0.3, 0.4) is 0 Å². The van der Waals surface area contributed by atoms with Crippen LogP contribution in [0, 0.1) is 13.8 Å². The summed E-state index contributed by atoms with van der Waals surface area (Å²) < 4.78 is 30.7. The van der Waals surface area contributed by atoms with Crippen LogP contribution in [0.4, 0.5) is 0 Å². The lowest BCUT2D eigenvalue weighted by Crippen LogP contribution is -2.16. The van der Waals surface area contributed by atoms with E-state index in [1.165, 1.54) is 0 Å². The number of carbonyl (C=O) groups excluding carboxylic acids is 1. The Labute approximate surface area is 168 Å². The standard InChI is InChI=1S/C20H17ClN2O4S/c1-13-6-5-8-15(10-13)12-28(25,26)20-22-11-16(21)18(23-20)19(24)27-17-9-4-3-7-14(17)2/h3-11H,12H2,1-2H3. The number of carbonyl (C=O) groups is 1. The lowest BCUT2D eigenvalue weighted by atomic mass is 10.2. The molecule has 0 aliphatic rings. The van der Waals surface area contributed by atoms with Crippen molar-refractivity contribution in [1.29, 1.82) is 0 Å². The van der Waals surface area contributed by atoms with Crippen molar-refractivity contribution in [2.24, 2.45) is 0 Å². The fourth-order valence-electron chi connectivity index (χ4n) is 2.55. The molecule has 0 fully saturated rings. The van der Waals surface area contributed by atoms with Gasteiger partial charge in [-0.25, -0.2) is 23.2 Å². The number of esters is 1. The normalized spacial score (nSPS) is 11.2. The predicted molar refractivity (Wildman–Crippen MR) is 105 cm³/mol. The number of hydrogen-bond donors (Lipinski definition) is 0.